The van der Waals surface area contributed by atoms with E-state index < -0.39 is 11.1 Å². The number of fused-ring (bicyclic) bond motifs is 1. The Morgan fingerprint density at radius 1 is 1.35 bits per heavy atom. The van der Waals surface area contributed by atoms with Crippen molar-refractivity contribution in [3.8, 4) is 0 Å². The van der Waals surface area contributed by atoms with Crippen molar-refractivity contribution in [2.45, 2.75) is 26.4 Å². The van der Waals surface area contributed by atoms with E-state index in [-0.39, 0.29) is 24.4 Å². The molecule has 1 unspecified atom stereocenters. The quantitative estimate of drug-likeness (QED) is 0.689. The lowest BCUT2D eigenvalue weighted by Crippen LogP contribution is -2.37. The first-order valence-corrected chi connectivity index (χ1v) is 7.20. The van der Waals surface area contributed by atoms with E-state index in [0.29, 0.717) is 29.7 Å². The number of aromatic amines is 1. The molecule has 0 saturated carbocycles. The van der Waals surface area contributed by atoms with E-state index >= 15 is 0 Å². The highest BCUT2D eigenvalue weighted by Gasteiger charge is 2.11. The largest absolute Gasteiger partial charge is 0.350 e. The minimum absolute atomic E-state index is 0. The molecule has 0 saturated heterocycles. The van der Waals surface area contributed by atoms with Crippen molar-refractivity contribution in [3.63, 3.8) is 0 Å². The van der Waals surface area contributed by atoms with Crippen LogP contribution in [-0.2, 0) is 6.54 Å². The summed E-state index contributed by atoms with van der Waals surface area (Å²) in [5.41, 5.74) is 0.242. The van der Waals surface area contributed by atoms with Crippen molar-refractivity contribution in [3.05, 3.63) is 44.5 Å². The average molecular weight is 341 g/mol. The highest BCUT2D eigenvalue weighted by Crippen LogP contribution is 2.11. The number of carbonyl (C=O) groups is 1. The Kier molecular flexibility index (Phi) is 6.53. The number of halogens is 1. The highest BCUT2D eigenvalue weighted by atomic mass is 35.5. The van der Waals surface area contributed by atoms with Gasteiger partial charge in [0, 0.05) is 24.7 Å². The summed E-state index contributed by atoms with van der Waals surface area (Å²) in [7, 11) is 1.82. The molecule has 1 amide bonds. The Morgan fingerprint density at radius 2 is 2.04 bits per heavy atom. The summed E-state index contributed by atoms with van der Waals surface area (Å²) in [4.78, 5) is 38.1. The van der Waals surface area contributed by atoms with Gasteiger partial charge in [0.15, 0.2) is 0 Å². The molecule has 1 atom stereocenters. The minimum Gasteiger partial charge on any atom is -0.350 e. The Bertz CT molecular complexity index is 812. The van der Waals surface area contributed by atoms with Gasteiger partial charge in [0.05, 0.1) is 11.0 Å². The van der Waals surface area contributed by atoms with Crippen LogP contribution < -0.4 is 21.8 Å². The van der Waals surface area contributed by atoms with Crippen molar-refractivity contribution >= 4 is 29.3 Å². The zero-order valence-corrected chi connectivity index (χ0v) is 14.1. The number of carbonyl (C=O) groups excluding carboxylic acids is 1. The molecule has 126 valence electrons. The van der Waals surface area contributed by atoms with Crippen LogP contribution in [0.2, 0.25) is 0 Å². The van der Waals surface area contributed by atoms with Gasteiger partial charge in [0.1, 0.15) is 0 Å². The van der Waals surface area contributed by atoms with Gasteiger partial charge in [0.2, 0.25) is 0 Å². The summed E-state index contributed by atoms with van der Waals surface area (Å²) < 4.78 is 1.39. The van der Waals surface area contributed by atoms with Gasteiger partial charge in [-0.2, -0.15) is 0 Å². The lowest BCUT2D eigenvalue weighted by atomic mass is 10.1. The van der Waals surface area contributed by atoms with Crippen LogP contribution >= 0.6 is 12.4 Å². The molecule has 0 aliphatic heterocycles. The first kappa shape index (κ1) is 18.9. The van der Waals surface area contributed by atoms with E-state index in [1.54, 1.807) is 25.1 Å². The molecule has 8 heteroatoms. The van der Waals surface area contributed by atoms with Gasteiger partial charge in [-0.1, -0.05) is 0 Å². The van der Waals surface area contributed by atoms with Gasteiger partial charge < -0.3 is 20.2 Å². The molecule has 1 heterocycles. The summed E-state index contributed by atoms with van der Waals surface area (Å²) in [6, 6.07) is 5.06. The zero-order chi connectivity index (χ0) is 16.3. The normalized spacial score (nSPS) is 11.8. The van der Waals surface area contributed by atoms with Crippen molar-refractivity contribution in [2.24, 2.45) is 0 Å². The second kappa shape index (κ2) is 7.94. The topological polar surface area (TPSA) is 96.0 Å². The van der Waals surface area contributed by atoms with Crippen molar-refractivity contribution in [1.82, 2.24) is 20.2 Å². The number of hydrogen-bond donors (Lipinski definition) is 3. The lowest BCUT2D eigenvalue weighted by Gasteiger charge is -2.12. The summed E-state index contributed by atoms with van der Waals surface area (Å²) in [6.45, 7) is 4.64. The zero-order valence-electron chi connectivity index (χ0n) is 13.3. The van der Waals surface area contributed by atoms with Crippen LogP contribution in [0.15, 0.2) is 27.8 Å². The number of nitrogens with zero attached hydrogens (tertiary/aromatic N) is 1. The maximum atomic E-state index is 12.1. The van der Waals surface area contributed by atoms with Crippen LogP contribution in [0.3, 0.4) is 0 Å². The van der Waals surface area contributed by atoms with Crippen LogP contribution in [0.5, 0.6) is 0 Å². The molecule has 0 bridgehead atoms. The minimum atomic E-state index is -0.685. The lowest BCUT2D eigenvalue weighted by molar-refractivity contribution is 0.0950. The van der Waals surface area contributed by atoms with Gasteiger partial charge in [-0.05, 0) is 39.1 Å². The molecule has 0 fully saturated rings. The Morgan fingerprint density at radius 3 is 2.65 bits per heavy atom. The Balaban J connectivity index is 0.00000264. The Hall–Kier alpha value is -2.12. The average Bonchev–Trinajstić information content (AvgIpc) is 2.53. The number of hydrogen-bond acceptors (Lipinski definition) is 4. The fourth-order valence-corrected chi connectivity index (χ4v) is 2.18. The highest BCUT2D eigenvalue weighted by molar-refractivity contribution is 5.97. The molecular formula is C15H21ClN4O3. The van der Waals surface area contributed by atoms with Crippen molar-refractivity contribution in [2.75, 3.05) is 13.6 Å². The van der Waals surface area contributed by atoms with Crippen LogP contribution in [0, 0.1) is 0 Å². The maximum Gasteiger partial charge on any atom is 0.316 e. The second-order valence-electron chi connectivity index (χ2n) is 5.14. The maximum absolute atomic E-state index is 12.1. The van der Waals surface area contributed by atoms with Crippen LogP contribution in [-0.4, -0.2) is 35.1 Å². The summed E-state index contributed by atoms with van der Waals surface area (Å²) >= 11 is 0. The van der Waals surface area contributed by atoms with Gasteiger partial charge >= 0.3 is 11.1 Å². The van der Waals surface area contributed by atoms with Crippen LogP contribution in [0.25, 0.3) is 11.0 Å². The molecule has 0 aliphatic rings. The molecule has 23 heavy (non-hydrogen) atoms. The van der Waals surface area contributed by atoms with Gasteiger partial charge in [-0.3, -0.25) is 14.4 Å². The molecule has 1 aromatic heterocycles. The number of rotatable bonds is 5. The molecule has 2 rings (SSSR count). The first-order chi connectivity index (χ1) is 10.5. The van der Waals surface area contributed by atoms with Gasteiger partial charge in [-0.15, -0.1) is 12.4 Å². The summed E-state index contributed by atoms with van der Waals surface area (Å²) in [6.07, 6.45) is 0. The number of likely N-dealkylation sites (N-methyl/N-ethyl adjacent to an activating group) is 1. The van der Waals surface area contributed by atoms with E-state index in [0.717, 1.165) is 0 Å². The van der Waals surface area contributed by atoms with Crippen molar-refractivity contribution in [1.29, 1.82) is 0 Å². The molecular weight excluding hydrogens is 320 g/mol. The van der Waals surface area contributed by atoms with E-state index in [1.807, 2.05) is 14.0 Å². The third kappa shape index (κ3) is 4.00. The molecule has 0 aliphatic carbocycles. The molecule has 0 spiro atoms. The fourth-order valence-electron chi connectivity index (χ4n) is 2.18. The summed E-state index contributed by atoms with van der Waals surface area (Å²) in [5, 5.41) is 5.84. The van der Waals surface area contributed by atoms with E-state index in [4.69, 9.17) is 0 Å². The van der Waals surface area contributed by atoms with E-state index in [1.165, 1.54) is 4.57 Å². The monoisotopic (exact) mass is 340 g/mol. The number of nitrogens with one attached hydrogen (secondary N) is 3. The smallest absolute Gasteiger partial charge is 0.316 e. The van der Waals surface area contributed by atoms with Crippen LogP contribution in [0.4, 0.5) is 0 Å². The predicted molar refractivity (Wildman–Crippen MR) is 92.6 cm³/mol. The molecule has 2 aromatic rings. The Labute approximate surface area is 139 Å². The number of H-pyrrole nitrogens is 1. The number of aromatic nitrogens is 2. The van der Waals surface area contributed by atoms with Gasteiger partial charge in [-0.25, -0.2) is 0 Å². The number of benzene rings is 1. The number of amides is 1. The molecule has 1 aromatic carbocycles. The van der Waals surface area contributed by atoms with Crippen LogP contribution in [0.1, 0.15) is 24.2 Å². The molecule has 3 N–H and O–H groups in total. The van der Waals surface area contributed by atoms with E-state index in [9.17, 15) is 14.4 Å². The second-order valence-corrected chi connectivity index (χ2v) is 5.14. The number of aryl methyl sites for hydroxylation is 1. The molecule has 0 radical (unpaired) electrons. The fraction of sp³-hybridized carbons (Fsp3) is 0.400. The van der Waals surface area contributed by atoms with E-state index in [2.05, 4.69) is 15.6 Å². The first-order valence-electron chi connectivity index (χ1n) is 7.20. The SMILES string of the molecule is CCn1c(=O)c(=O)[nH]c2cc(C(=O)NCC(C)NC)ccc21.Cl. The summed E-state index contributed by atoms with van der Waals surface area (Å²) in [5.74, 6) is -0.223. The van der Waals surface area contributed by atoms with Gasteiger partial charge in [0.25, 0.3) is 5.91 Å². The third-order valence-electron chi connectivity index (χ3n) is 3.61. The van der Waals surface area contributed by atoms with Crippen molar-refractivity contribution < 1.29 is 4.79 Å². The molecule has 7 nitrogen and oxygen atoms in total. The standard InChI is InChI=1S/C15H20N4O3.ClH/c1-4-19-12-6-5-10(13(20)17-8-9(2)16-3)7-11(12)18-14(21)15(19)22;/h5-7,9,16H,4,8H2,1-3H3,(H,17,20)(H,18,21);1H. The third-order valence-corrected chi connectivity index (χ3v) is 3.61. The predicted octanol–water partition coefficient (Wildman–Crippen LogP) is 0.469.